The highest BCUT2D eigenvalue weighted by Gasteiger charge is 2.27. The highest BCUT2D eigenvalue weighted by molar-refractivity contribution is 6.00. The van der Waals surface area contributed by atoms with Gasteiger partial charge < -0.3 is 26.8 Å². The molecule has 2 amide bonds. The Morgan fingerprint density at radius 3 is 2.58 bits per heavy atom. The third-order valence-corrected chi connectivity index (χ3v) is 6.16. The minimum atomic E-state index is -1.34. The van der Waals surface area contributed by atoms with Crippen molar-refractivity contribution in [2.75, 3.05) is 17.2 Å². The summed E-state index contributed by atoms with van der Waals surface area (Å²) in [5.41, 5.74) is 11.8. The van der Waals surface area contributed by atoms with E-state index in [9.17, 15) is 29.1 Å². The number of carbonyl (C=O) groups excluding carboxylic acids is 2. The van der Waals surface area contributed by atoms with Gasteiger partial charge in [0.2, 0.25) is 0 Å². The van der Waals surface area contributed by atoms with Crippen LogP contribution in [0.25, 0.3) is 5.65 Å². The van der Waals surface area contributed by atoms with Crippen molar-refractivity contribution in [2.24, 2.45) is 5.73 Å². The zero-order valence-electron chi connectivity index (χ0n) is 18.6. The average molecular weight is 489 g/mol. The van der Waals surface area contributed by atoms with Crippen LogP contribution in [-0.4, -0.2) is 43.8 Å². The van der Waals surface area contributed by atoms with Gasteiger partial charge in [-0.15, -0.1) is 0 Å². The van der Waals surface area contributed by atoms with Crippen LogP contribution in [0.15, 0.2) is 40.2 Å². The number of hydrogen-bond acceptors (Lipinski definition) is 9. The minimum Gasteiger partial charge on any atom is -0.477 e. The Morgan fingerprint density at radius 1 is 1.11 bits per heavy atom. The molecule has 5 rings (SSSR count). The fourth-order valence-electron chi connectivity index (χ4n) is 4.32. The smallest absolute Gasteiger partial charge is 0.353 e. The molecule has 13 nitrogen and oxygen atoms in total. The number of imidazole rings is 1. The first-order valence-corrected chi connectivity index (χ1v) is 10.8. The second-order valence-corrected chi connectivity index (χ2v) is 8.36. The van der Waals surface area contributed by atoms with Gasteiger partial charge in [0.1, 0.15) is 29.1 Å². The number of fused-ring (bicyclic) bond motifs is 2. The molecule has 0 radical (unpaired) electrons. The lowest BCUT2D eigenvalue weighted by atomic mass is 9.96. The van der Waals surface area contributed by atoms with E-state index in [1.54, 1.807) is 4.90 Å². The molecule has 1 aliphatic rings. The number of nitrogens with two attached hydrogens (primary N) is 2. The first kappa shape index (κ1) is 22.7. The molecular formula is C23H19N7O6. The topological polar surface area (TPSA) is 203 Å². The van der Waals surface area contributed by atoms with E-state index < -0.39 is 28.6 Å². The summed E-state index contributed by atoms with van der Waals surface area (Å²) in [5.74, 6) is -2.91. The number of rotatable bonds is 6. The van der Waals surface area contributed by atoms with Gasteiger partial charge in [0.05, 0.1) is 0 Å². The largest absolute Gasteiger partial charge is 0.477 e. The Hall–Kier alpha value is -5.07. The Bertz CT molecular complexity index is 1660. The second-order valence-electron chi connectivity index (χ2n) is 8.36. The number of amides is 2. The summed E-state index contributed by atoms with van der Waals surface area (Å²) in [7, 11) is 0. The number of nitrogens with one attached hydrogen (secondary N) is 1. The first-order chi connectivity index (χ1) is 17.2. The summed E-state index contributed by atoms with van der Waals surface area (Å²) in [4.78, 5) is 69.1. The highest BCUT2D eigenvalue weighted by Crippen LogP contribution is 2.26. The van der Waals surface area contributed by atoms with Crippen molar-refractivity contribution < 1.29 is 19.5 Å². The number of benzene rings is 1. The van der Waals surface area contributed by atoms with Crippen LogP contribution in [-0.2, 0) is 19.5 Å². The number of nitrogens with zero attached hydrogens (tertiary/aromatic N) is 4. The summed E-state index contributed by atoms with van der Waals surface area (Å²) in [6.45, 7) is 1.05. The summed E-state index contributed by atoms with van der Waals surface area (Å²) in [5, 5.41) is 12.2. The van der Waals surface area contributed by atoms with Crippen LogP contribution in [0.4, 0.5) is 11.4 Å². The van der Waals surface area contributed by atoms with Crippen molar-refractivity contribution in [1.29, 1.82) is 0 Å². The number of carboxylic acid groups (broad SMARTS) is 1. The van der Waals surface area contributed by atoms with E-state index >= 15 is 0 Å². The number of aromatic nitrogens is 3. The number of primary amides is 1. The number of hydrogen-bond donors (Lipinski definition) is 4. The van der Waals surface area contributed by atoms with Gasteiger partial charge in [0.15, 0.2) is 11.3 Å². The highest BCUT2D eigenvalue weighted by atomic mass is 16.4. The average Bonchev–Trinajstić information content (AvgIpc) is 3.30. The van der Waals surface area contributed by atoms with Gasteiger partial charge in [-0.1, -0.05) is 18.2 Å². The van der Waals surface area contributed by atoms with Crippen molar-refractivity contribution in [3.63, 3.8) is 0 Å². The van der Waals surface area contributed by atoms with Gasteiger partial charge in [0.25, 0.3) is 22.7 Å². The number of carboxylic acids is 1. The van der Waals surface area contributed by atoms with E-state index in [1.807, 2.05) is 18.2 Å². The molecule has 0 fully saturated rings. The van der Waals surface area contributed by atoms with E-state index in [2.05, 4.69) is 15.3 Å². The molecule has 182 valence electrons. The molecular weight excluding hydrogens is 470 g/mol. The lowest BCUT2D eigenvalue weighted by Gasteiger charge is -2.32. The molecule has 2 aromatic heterocycles. The molecule has 0 aliphatic carbocycles. The predicted molar refractivity (Wildman–Crippen MR) is 127 cm³/mol. The van der Waals surface area contributed by atoms with Gasteiger partial charge >= 0.3 is 5.97 Å². The fourth-order valence-corrected chi connectivity index (χ4v) is 4.32. The maximum atomic E-state index is 12.8. The van der Waals surface area contributed by atoms with Crippen molar-refractivity contribution in [3.05, 3.63) is 84.8 Å². The minimum absolute atomic E-state index is 0.0188. The van der Waals surface area contributed by atoms with Gasteiger partial charge in [-0.25, -0.2) is 14.8 Å². The Morgan fingerprint density at radius 2 is 1.89 bits per heavy atom. The lowest BCUT2D eigenvalue weighted by Crippen LogP contribution is -2.44. The third kappa shape index (κ3) is 3.62. The van der Waals surface area contributed by atoms with Gasteiger partial charge in [0, 0.05) is 25.7 Å². The molecule has 36 heavy (non-hydrogen) atoms. The van der Waals surface area contributed by atoms with E-state index in [-0.39, 0.29) is 40.6 Å². The van der Waals surface area contributed by atoms with Crippen LogP contribution in [0.2, 0.25) is 0 Å². The van der Waals surface area contributed by atoms with Crippen molar-refractivity contribution in [2.45, 2.75) is 19.5 Å². The van der Waals surface area contributed by atoms with Crippen LogP contribution < -0.4 is 32.5 Å². The summed E-state index contributed by atoms with van der Waals surface area (Å²) < 4.78 is 1.07. The maximum Gasteiger partial charge on any atom is 0.353 e. The summed E-state index contributed by atoms with van der Waals surface area (Å²) in [6.07, 6.45) is 1.76. The fraction of sp³-hybridized carbons (Fsp3) is 0.174. The zero-order chi connectivity index (χ0) is 25.7. The number of nitrogen functional groups attached to an aromatic ring is 1. The number of aromatic carboxylic acids is 1. The molecule has 0 atom stereocenters. The Balaban J connectivity index is 1.36. The van der Waals surface area contributed by atoms with Gasteiger partial charge in [-0.3, -0.25) is 23.6 Å². The van der Waals surface area contributed by atoms with Gasteiger partial charge in [-0.2, -0.15) is 0 Å². The summed E-state index contributed by atoms with van der Waals surface area (Å²) >= 11 is 0. The molecule has 4 aromatic rings. The second kappa shape index (κ2) is 8.30. The van der Waals surface area contributed by atoms with Crippen LogP contribution in [0.5, 0.6) is 0 Å². The molecule has 1 aliphatic heterocycles. The SMILES string of the molecule is NC(=O)c1ncn2c(C(=O)O)cc(C(=O)NCc3ccc4c(c3)CN(c3c(N)c(=O)c3=O)CC4)nc12. The third-order valence-electron chi connectivity index (χ3n) is 6.16. The quantitative estimate of drug-likeness (QED) is 0.248. The molecule has 2 aromatic carbocycles. The molecule has 6 N–H and O–H groups in total. The van der Waals surface area contributed by atoms with Crippen LogP contribution in [0.1, 0.15) is 48.2 Å². The molecule has 0 saturated carbocycles. The van der Waals surface area contributed by atoms with E-state index in [0.29, 0.717) is 19.5 Å². The zero-order valence-corrected chi connectivity index (χ0v) is 18.6. The van der Waals surface area contributed by atoms with E-state index in [4.69, 9.17) is 11.5 Å². The molecule has 0 unspecified atom stereocenters. The first-order valence-electron chi connectivity index (χ1n) is 10.8. The number of carbonyl (C=O) groups is 3. The normalized spacial score (nSPS) is 13.1. The van der Waals surface area contributed by atoms with E-state index in [0.717, 1.165) is 33.5 Å². The van der Waals surface area contributed by atoms with Crippen LogP contribution in [0, 0.1) is 0 Å². The predicted octanol–water partition coefficient (Wildman–Crippen LogP) is -0.803. The molecule has 0 bridgehead atoms. The van der Waals surface area contributed by atoms with Crippen molar-refractivity contribution in [1.82, 2.24) is 19.7 Å². The number of anilines is 2. The monoisotopic (exact) mass is 489 g/mol. The van der Waals surface area contributed by atoms with Crippen LogP contribution in [0.3, 0.4) is 0 Å². The lowest BCUT2D eigenvalue weighted by molar-refractivity contribution is 0.0688. The van der Waals surface area contributed by atoms with Crippen molar-refractivity contribution in [3.8, 4) is 0 Å². The molecule has 0 spiro atoms. The van der Waals surface area contributed by atoms with E-state index in [1.165, 1.54) is 0 Å². The summed E-state index contributed by atoms with van der Waals surface area (Å²) in [6, 6.07) is 6.74. The molecule has 13 heteroatoms. The molecule has 0 saturated heterocycles. The van der Waals surface area contributed by atoms with Crippen molar-refractivity contribution >= 4 is 34.8 Å². The van der Waals surface area contributed by atoms with Crippen LogP contribution >= 0.6 is 0 Å². The molecule has 3 heterocycles. The Kier molecular flexibility index (Phi) is 5.24. The standard InChI is InChI=1S/C23H19N7O6/c24-15-17(19(32)18(15)31)29-4-3-11-2-1-10(5-12(11)8-29)7-26-22(34)13-6-14(23(35)36)30-9-27-16(20(25)33)21(30)28-13/h1-2,5-6,9H,3-4,7-8,24H2,(H2,25,33)(H,26,34)(H,35,36). The maximum absolute atomic E-state index is 12.8. The Labute approximate surface area is 201 Å². The van der Waals surface area contributed by atoms with Gasteiger partial charge in [-0.05, 0) is 23.1 Å².